The van der Waals surface area contributed by atoms with Crippen molar-refractivity contribution in [3.8, 4) is 17.0 Å². The Morgan fingerprint density at radius 3 is 2.71 bits per heavy atom. The number of benzene rings is 1. The van der Waals surface area contributed by atoms with Crippen molar-refractivity contribution in [3.63, 3.8) is 0 Å². The number of hydrogen-bond donors (Lipinski definition) is 1. The molecule has 0 fully saturated rings. The van der Waals surface area contributed by atoms with Crippen LogP contribution < -0.4 is 10.1 Å². The van der Waals surface area contributed by atoms with Gasteiger partial charge >= 0.3 is 0 Å². The quantitative estimate of drug-likeness (QED) is 0.837. The van der Waals surface area contributed by atoms with Gasteiger partial charge in [-0.3, -0.25) is 0 Å². The molecule has 0 atom stereocenters. The molecule has 0 saturated heterocycles. The van der Waals surface area contributed by atoms with Crippen molar-refractivity contribution in [1.82, 2.24) is 9.97 Å². The Bertz CT molecular complexity index is 584. The van der Waals surface area contributed by atoms with Crippen LogP contribution in [0, 0.1) is 0 Å². The molecule has 1 aromatic heterocycles. The van der Waals surface area contributed by atoms with Gasteiger partial charge in [0, 0.05) is 17.7 Å². The fourth-order valence-corrected chi connectivity index (χ4v) is 2.29. The van der Waals surface area contributed by atoms with Gasteiger partial charge in [0.1, 0.15) is 17.9 Å². The minimum atomic E-state index is 0.664. The maximum Gasteiger partial charge on any atom is 0.133 e. The maximum atomic E-state index is 5.58. The molecule has 0 amide bonds. The molecule has 1 heterocycles. The lowest BCUT2D eigenvalue weighted by atomic mass is 10.0. The van der Waals surface area contributed by atoms with Crippen molar-refractivity contribution in [2.75, 3.05) is 18.5 Å². The van der Waals surface area contributed by atoms with E-state index in [0.29, 0.717) is 6.61 Å². The summed E-state index contributed by atoms with van der Waals surface area (Å²) in [6.07, 6.45) is 3.59. The van der Waals surface area contributed by atoms with Gasteiger partial charge in [-0.05, 0) is 31.9 Å². The van der Waals surface area contributed by atoms with Crippen LogP contribution in [0.2, 0.25) is 0 Å². The van der Waals surface area contributed by atoms with Gasteiger partial charge in [0.2, 0.25) is 0 Å². The summed E-state index contributed by atoms with van der Waals surface area (Å²) in [6, 6.07) is 8.07. The number of hydrogen-bond acceptors (Lipinski definition) is 4. The molecule has 4 nitrogen and oxygen atoms in total. The van der Waals surface area contributed by atoms with Crippen molar-refractivity contribution in [2.24, 2.45) is 0 Å². The van der Waals surface area contributed by atoms with Crippen molar-refractivity contribution in [1.29, 1.82) is 0 Å². The molecule has 1 N–H and O–H groups in total. The summed E-state index contributed by atoms with van der Waals surface area (Å²) in [5.41, 5.74) is 3.20. The van der Waals surface area contributed by atoms with E-state index in [2.05, 4.69) is 35.2 Å². The SMILES string of the molecule is CCCNc1ncnc(-c2cccc(OCC)c2)c1CC. The zero-order chi connectivity index (χ0) is 15.1. The van der Waals surface area contributed by atoms with Crippen LogP contribution in [0.15, 0.2) is 30.6 Å². The summed E-state index contributed by atoms with van der Waals surface area (Å²) >= 11 is 0. The molecule has 0 aliphatic rings. The summed E-state index contributed by atoms with van der Waals surface area (Å²) in [4.78, 5) is 8.86. The van der Waals surface area contributed by atoms with E-state index < -0.39 is 0 Å². The molecule has 112 valence electrons. The molecule has 0 aliphatic heterocycles. The van der Waals surface area contributed by atoms with Crippen LogP contribution in [0.25, 0.3) is 11.3 Å². The second-order valence-electron chi connectivity index (χ2n) is 4.79. The van der Waals surface area contributed by atoms with Crippen LogP contribution >= 0.6 is 0 Å². The standard InChI is InChI=1S/C17H23N3O/c1-4-10-18-17-15(5-2)16(19-12-20-17)13-8-7-9-14(11-13)21-6-3/h7-9,11-12H,4-6,10H2,1-3H3,(H,18,19,20). The molecule has 0 spiro atoms. The van der Waals surface area contributed by atoms with Crippen molar-refractivity contribution in [3.05, 3.63) is 36.2 Å². The van der Waals surface area contributed by atoms with Crippen LogP contribution in [-0.2, 0) is 6.42 Å². The predicted octanol–water partition coefficient (Wildman–Crippen LogP) is 3.93. The van der Waals surface area contributed by atoms with Crippen molar-refractivity contribution in [2.45, 2.75) is 33.6 Å². The van der Waals surface area contributed by atoms with Gasteiger partial charge in [0.25, 0.3) is 0 Å². The smallest absolute Gasteiger partial charge is 0.133 e. The highest BCUT2D eigenvalue weighted by atomic mass is 16.5. The fraction of sp³-hybridized carbons (Fsp3) is 0.412. The number of nitrogens with one attached hydrogen (secondary N) is 1. The van der Waals surface area contributed by atoms with E-state index in [0.717, 1.165) is 47.8 Å². The first-order valence-electron chi connectivity index (χ1n) is 7.61. The third-order valence-corrected chi connectivity index (χ3v) is 3.26. The number of aromatic nitrogens is 2. The highest BCUT2D eigenvalue weighted by Crippen LogP contribution is 2.28. The molecule has 0 bridgehead atoms. The van der Waals surface area contributed by atoms with E-state index in [1.807, 2.05) is 25.1 Å². The summed E-state index contributed by atoms with van der Waals surface area (Å²) in [5.74, 6) is 1.81. The number of rotatable bonds is 7. The Balaban J connectivity index is 2.40. The maximum absolute atomic E-state index is 5.58. The van der Waals surface area contributed by atoms with E-state index in [9.17, 15) is 0 Å². The molecular weight excluding hydrogens is 262 g/mol. The van der Waals surface area contributed by atoms with Crippen molar-refractivity contribution >= 4 is 5.82 Å². The number of anilines is 1. The minimum Gasteiger partial charge on any atom is -0.494 e. The molecule has 2 rings (SSSR count). The van der Waals surface area contributed by atoms with Gasteiger partial charge in [0.15, 0.2) is 0 Å². The van der Waals surface area contributed by atoms with E-state index in [-0.39, 0.29) is 0 Å². The molecule has 0 radical (unpaired) electrons. The Kier molecular flexibility index (Phi) is 5.55. The zero-order valence-corrected chi connectivity index (χ0v) is 13.0. The monoisotopic (exact) mass is 285 g/mol. The van der Waals surface area contributed by atoms with Gasteiger partial charge in [-0.25, -0.2) is 9.97 Å². The molecule has 0 saturated carbocycles. The number of ether oxygens (including phenoxy) is 1. The highest BCUT2D eigenvalue weighted by molar-refractivity contribution is 5.69. The zero-order valence-electron chi connectivity index (χ0n) is 13.0. The first-order chi connectivity index (χ1) is 10.3. The predicted molar refractivity (Wildman–Crippen MR) is 86.8 cm³/mol. The molecule has 4 heteroatoms. The van der Waals surface area contributed by atoms with Gasteiger partial charge in [0.05, 0.1) is 12.3 Å². The van der Waals surface area contributed by atoms with Gasteiger partial charge in [-0.2, -0.15) is 0 Å². The molecule has 0 aliphatic carbocycles. The topological polar surface area (TPSA) is 47.0 Å². The molecule has 21 heavy (non-hydrogen) atoms. The van der Waals surface area contributed by atoms with Gasteiger partial charge in [-0.1, -0.05) is 26.0 Å². The van der Waals surface area contributed by atoms with Crippen LogP contribution in [0.1, 0.15) is 32.8 Å². The lowest BCUT2D eigenvalue weighted by Crippen LogP contribution is -2.07. The third-order valence-electron chi connectivity index (χ3n) is 3.26. The lowest BCUT2D eigenvalue weighted by Gasteiger charge is -2.13. The molecule has 0 unspecified atom stereocenters. The van der Waals surface area contributed by atoms with Crippen molar-refractivity contribution < 1.29 is 4.74 Å². The van der Waals surface area contributed by atoms with E-state index in [1.54, 1.807) is 6.33 Å². The Morgan fingerprint density at radius 1 is 1.14 bits per heavy atom. The van der Waals surface area contributed by atoms with Gasteiger partial charge in [-0.15, -0.1) is 0 Å². The highest BCUT2D eigenvalue weighted by Gasteiger charge is 2.11. The molecule has 1 aromatic carbocycles. The normalized spacial score (nSPS) is 10.4. The Labute approximate surface area is 126 Å². The molecular formula is C17H23N3O. The second-order valence-corrected chi connectivity index (χ2v) is 4.79. The third kappa shape index (κ3) is 3.72. The first kappa shape index (κ1) is 15.3. The average molecular weight is 285 g/mol. The summed E-state index contributed by atoms with van der Waals surface area (Å²) in [6.45, 7) is 7.85. The largest absolute Gasteiger partial charge is 0.494 e. The van der Waals surface area contributed by atoms with E-state index in [1.165, 1.54) is 0 Å². The minimum absolute atomic E-state index is 0.664. The molecule has 2 aromatic rings. The summed E-state index contributed by atoms with van der Waals surface area (Å²) in [5, 5.41) is 3.38. The number of nitrogens with zero attached hydrogens (tertiary/aromatic N) is 2. The van der Waals surface area contributed by atoms with Crippen LogP contribution in [0.3, 0.4) is 0 Å². The van der Waals surface area contributed by atoms with Crippen LogP contribution in [0.5, 0.6) is 5.75 Å². The van der Waals surface area contributed by atoms with E-state index in [4.69, 9.17) is 4.74 Å². The fourth-order valence-electron chi connectivity index (χ4n) is 2.29. The first-order valence-corrected chi connectivity index (χ1v) is 7.61. The van der Waals surface area contributed by atoms with Gasteiger partial charge < -0.3 is 10.1 Å². The van der Waals surface area contributed by atoms with Crippen LogP contribution in [-0.4, -0.2) is 23.1 Å². The second kappa shape index (κ2) is 7.62. The Hall–Kier alpha value is -2.10. The summed E-state index contributed by atoms with van der Waals surface area (Å²) < 4.78 is 5.58. The van der Waals surface area contributed by atoms with E-state index >= 15 is 0 Å². The Morgan fingerprint density at radius 2 is 2.00 bits per heavy atom. The van der Waals surface area contributed by atoms with Crippen LogP contribution in [0.4, 0.5) is 5.82 Å². The lowest BCUT2D eigenvalue weighted by molar-refractivity contribution is 0.340. The average Bonchev–Trinajstić information content (AvgIpc) is 2.53. The summed E-state index contributed by atoms with van der Waals surface area (Å²) in [7, 11) is 0.